The smallest absolute Gasteiger partial charge is 0.326 e. The molecular formula is C28H35N5O4. The fourth-order valence-electron chi connectivity index (χ4n) is 5.88. The van der Waals surface area contributed by atoms with Crippen molar-refractivity contribution in [2.24, 2.45) is 5.92 Å². The Morgan fingerprint density at radius 2 is 1.86 bits per heavy atom. The quantitative estimate of drug-likeness (QED) is 0.473. The topological polar surface area (TPSA) is 108 Å². The van der Waals surface area contributed by atoms with Gasteiger partial charge in [0.25, 0.3) is 0 Å². The van der Waals surface area contributed by atoms with Crippen LogP contribution >= 0.6 is 0 Å². The number of anilines is 2. The molecule has 5 rings (SSSR count). The Hall–Kier alpha value is -3.75. The van der Waals surface area contributed by atoms with Gasteiger partial charge in [0.2, 0.25) is 11.8 Å². The molecular weight excluding hydrogens is 470 g/mol. The largest absolute Gasteiger partial charge is 0.496 e. The Morgan fingerprint density at radius 3 is 2.59 bits per heavy atom. The van der Waals surface area contributed by atoms with Crippen LogP contribution in [0, 0.1) is 12.8 Å². The number of fused-ring (bicyclic) bond motifs is 1. The number of aromatic amines is 1. The van der Waals surface area contributed by atoms with E-state index in [1.807, 2.05) is 47.9 Å². The third-order valence-electron chi connectivity index (χ3n) is 7.78. The molecule has 1 aliphatic heterocycles. The van der Waals surface area contributed by atoms with Crippen molar-refractivity contribution in [2.75, 3.05) is 30.4 Å². The second-order valence-electron chi connectivity index (χ2n) is 10.3. The summed E-state index contributed by atoms with van der Waals surface area (Å²) in [5, 5.41) is 6.03. The van der Waals surface area contributed by atoms with E-state index in [2.05, 4.69) is 20.5 Å². The van der Waals surface area contributed by atoms with Gasteiger partial charge in [0.15, 0.2) is 0 Å². The minimum atomic E-state index is -0.111. The molecule has 2 amide bonds. The first-order valence-electron chi connectivity index (χ1n) is 13.0. The Morgan fingerprint density at radius 1 is 1.08 bits per heavy atom. The van der Waals surface area contributed by atoms with E-state index in [1.54, 1.807) is 14.0 Å². The molecule has 0 spiro atoms. The molecule has 1 unspecified atom stereocenters. The Labute approximate surface area is 216 Å². The molecule has 2 heterocycles. The van der Waals surface area contributed by atoms with Gasteiger partial charge in [0.1, 0.15) is 5.75 Å². The van der Waals surface area contributed by atoms with Crippen LogP contribution in [0.15, 0.2) is 41.2 Å². The minimum Gasteiger partial charge on any atom is -0.496 e. The first-order chi connectivity index (χ1) is 17.8. The summed E-state index contributed by atoms with van der Waals surface area (Å²) in [6.07, 6.45) is 3.86. The summed E-state index contributed by atoms with van der Waals surface area (Å²) in [7, 11) is 1.62. The zero-order chi connectivity index (χ0) is 26.1. The summed E-state index contributed by atoms with van der Waals surface area (Å²) in [5.41, 5.74) is 4.36. The van der Waals surface area contributed by atoms with Crippen molar-refractivity contribution in [3.63, 3.8) is 0 Å². The van der Waals surface area contributed by atoms with Gasteiger partial charge in [0, 0.05) is 49.8 Å². The summed E-state index contributed by atoms with van der Waals surface area (Å²) < 4.78 is 7.24. The Bertz CT molecular complexity index is 1370. The maximum atomic E-state index is 13.1. The molecule has 1 aliphatic carbocycles. The van der Waals surface area contributed by atoms with E-state index >= 15 is 0 Å². The van der Waals surface area contributed by atoms with Crippen LogP contribution < -0.4 is 26.0 Å². The number of benzene rings is 2. The molecule has 2 aliphatic rings. The first-order valence-corrected chi connectivity index (χ1v) is 13.0. The van der Waals surface area contributed by atoms with Crippen molar-refractivity contribution in [3.05, 3.63) is 52.4 Å². The van der Waals surface area contributed by atoms with Gasteiger partial charge < -0.3 is 25.3 Å². The van der Waals surface area contributed by atoms with Crippen LogP contribution in [-0.4, -0.2) is 47.6 Å². The number of aromatic nitrogens is 2. The van der Waals surface area contributed by atoms with E-state index in [-0.39, 0.29) is 35.5 Å². The van der Waals surface area contributed by atoms with E-state index in [0.717, 1.165) is 78.9 Å². The van der Waals surface area contributed by atoms with Gasteiger partial charge in [-0.2, -0.15) is 0 Å². The van der Waals surface area contributed by atoms with Crippen LogP contribution in [0.1, 0.15) is 50.6 Å². The number of hydrogen-bond acceptors (Lipinski definition) is 5. The van der Waals surface area contributed by atoms with Gasteiger partial charge in [-0.1, -0.05) is 12.1 Å². The van der Waals surface area contributed by atoms with Crippen LogP contribution in [-0.2, 0) is 9.59 Å². The lowest BCUT2D eigenvalue weighted by molar-refractivity contribution is -0.121. The number of imidazole rings is 1. The second-order valence-corrected chi connectivity index (χ2v) is 10.3. The number of nitrogens with zero attached hydrogens (tertiary/aromatic N) is 2. The number of carbonyl (C=O) groups is 2. The van der Waals surface area contributed by atoms with E-state index in [4.69, 9.17) is 4.74 Å². The average Bonchev–Trinajstić information content (AvgIpc) is 3.48. The number of nitrogens with one attached hydrogen (secondary N) is 3. The van der Waals surface area contributed by atoms with Crippen LogP contribution in [0.25, 0.3) is 11.0 Å². The fraction of sp³-hybridized carbons (Fsp3) is 0.464. The lowest BCUT2D eigenvalue weighted by atomic mass is 9.85. The Balaban J connectivity index is 1.28. The van der Waals surface area contributed by atoms with E-state index in [1.165, 1.54) is 0 Å². The van der Waals surface area contributed by atoms with Gasteiger partial charge in [-0.3, -0.25) is 14.2 Å². The molecule has 0 bridgehead atoms. The van der Waals surface area contributed by atoms with Crippen molar-refractivity contribution < 1.29 is 14.3 Å². The molecule has 3 N–H and O–H groups in total. The van der Waals surface area contributed by atoms with Gasteiger partial charge in [-0.15, -0.1) is 0 Å². The maximum absolute atomic E-state index is 13.1. The highest BCUT2D eigenvalue weighted by molar-refractivity contribution is 5.93. The van der Waals surface area contributed by atoms with Gasteiger partial charge in [-0.05, 0) is 62.8 Å². The predicted octanol–water partition coefficient (Wildman–Crippen LogP) is 3.73. The highest BCUT2D eigenvalue weighted by Gasteiger charge is 2.30. The van der Waals surface area contributed by atoms with Gasteiger partial charge in [0.05, 0.1) is 23.8 Å². The standard InChI is InChI=1S/C28H35N5O4/c1-17-7-10-20(15-25(17)37-3)30-27(35)19-8-11-22(12-9-19)33-24-6-4-5-23(26(24)31-28(33)36)32-14-13-21(16-32)29-18(2)34/h4-7,10,15,19,21-22H,8-9,11-14,16H2,1-3H3,(H,29,34)(H,30,35)(H,31,36)/t19-,21?,22+. The van der Waals surface area contributed by atoms with E-state index in [0.29, 0.717) is 0 Å². The number of aryl methyl sites for hydroxylation is 1. The van der Waals surface area contributed by atoms with Gasteiger partial charge >= 0.3 is 5.69 Å². The molecule has 1 atom stereocenters. The maximum Gasteiger partial charge on any atom is 0.326 e. The van der Waals surface area contributed by atoms with Gasteiger partial charge in [-0.25, -0.2) is 4.79 Å². The molecule has 37 heavy (non-hydrogen) atoms. The molecule has 3 aromatic rings. The van der Waals surface area contributed by atoms with E-state index in [9.17, 15) is 14.4 Å². The monoisotopic (exact) mass is 505 g/mol. The predicted molar refractivity (Wildman–Crippen MR) is 144 cm³/mol. The van der Waals surface area contributed by atoms with Crippen molar-refractivity contribution >= 4 is 34.2 Å². The number of rotatable bonds is 6. The molecule has 9 heteroatoms. The first kappa shape index (κ1) is 24.9. The zero-order valence-corrected chi connectivity index (χ0v) is 21.7. The Kier molecular flexibility index (Phi) is 6.95. The summed E-state index contributed by atoms with van der Waals surface area (Å²) in [4.78, 5) is 42.8. The number of ether oxygens (including phenoxy) is 1. The minimum absolute atomic E-state index is 0.0145. The summed E-state index contributed by atoms with van der Waals surface area (Å²) in [6, 6.07) is 11.8. The van der Waals surface area contributed by atoms with Crippen molar-refractivity contribution in [1.82, 2.24) is 14.9 Å². The number of H-pyrrole nitrogens is 1. The number of carbonyl (C=O) groups excluding carboxylic acids is 2. The highest BCUT2D eigenvalue weighted by Crippen LogP contribution is 2.36. The van der Waals surface area contributed by atoms with Crippen LogP contribution in [0.3, 0.4) is 0 Å². The number of hydrogen-bond donors (Lipinski definition) is 3. The van der Waals surface area contributed by atoms with Crippen molar-refractivity contribution in [3.8, 4) is 5.75 Å². The second kappa shape index (κ2) is 10.3. The third kappa shape index (κ3) is 5.08. The normalized spacial score (nSPS) is 21.7. The van der Waals surface area contributed by atoms with Crippen LogP contribution in [0.4, 0.5) is 11.4 Å². The number of para-hydroxylation sites is 1. The summed E-state index contributed by atoms with van der Waals surface area (Å²) in [5.74, 6) is 0.655. The third-order valence-corrected chi connectivity index (χ3v) is 7.78. The molecule has 9 nitrogen and oxygen atoms in total. The van der Waals surface area contributed by atoms with Crippen LogP contribution in [0.2, 0.25) is 0 Å². The molecule has 2 aromatic carbocycles. The molecule has 2 fully saturated rings. The summed E-state index contributed by atoms with van der Waals surface area (Å²) in [6.45, 7) is 5.05. The SMILES string of the molecule is COc1cc(NC(=O)[C@H]2CC[C@@H](n3c(=O)[nH]c4c(N5CCC(NC(C)=O)C5)cccc43)CC2)ccc1C. The molecule has 196 valence electrons. The summed E-state index contributed by atoms with van der Waals surface area (Å²) >= 11 is 0. The van der Waals surface area contributed by atoms with E-state index < -0.39 is 0 Å². The molecule has 0 radical (unpaired) electrons. The van der Waals surface area contributed by atoms with Crippen LogP contribution in [0.5, 0.6) is 5.75 Å². The molecule has 1 saturated carbocycles. The zero-order valence-electron chi connectivity index (χ0n) is 21.7. The molecule has 1 aromatic heterocycles. The molecule has 1 saturated heterocycles. The number of amides is 2. The number of methoxy groups -OCH3 is 1. The fourth-order valence-corrected chi connectivity index (χ4v) is 5.88. The lowest BCUT2D eigenvalue weighted by Gasteiger charge is -2.28. The van der Waals surface area contributed by atoms with Crippen molar-refractivity contribution in [2.45, 2.75) is 58.0 Å². The highest BCUT2D eigenvalue weighted by atomic mass is 16.5. The lowest BCUT2D eigenvalue weighted by Crippen LogP contribution is -2.35. The average molecular weight is 506 g/mol. The van der Waals surface area contributed by atoms with Crippen molar-refractivity contribution in [1.29, 1.82) is 0 Å².